The predicted octanol–water partition coefficient (Wildman–Crippen LogP) is 0.0275. The molecule has 242 valence electrons. The van der Waals surface area contributed by atoms with E-state index in [0.717, 1.165) is 11.5 Å². The zero-order valence-corrected chi connectivity index (χ0v) is 26.9. The number of nitrogen functional groups attached to an aromatic ring is 1. The number of rotatable bonds is 14. The molecule has 0 radical (unpaired) electrons. The topological polar surface area (TPSA) is 228 Å². The fraction of sp³-hybridized carbons (Fsp3) is 0.625. The van der Waals surface area contributed by atoms with E-state index < -0.39 is 76.8 Å². The van der Waals surface area contributed by atoms with Gasteiger partial charge in [-0.1, -0.05) is 19.0 Å². The maximum absolute atomic E-state index is 13.2. The van der Waals surface area contributed by atoms with Gasteiger partial charge in [0.1, 0.15) is 16.2 Å². The van der Waals surface area contributed by atoms with Gasteiger partial charge in [0, 0.05) is 50.5 Å². The largest absolute Gasteiger partial charge is 0.425 e. The lowest BCUT2D eigenvalue weighted by molar-refractivity contribution is -0.188. The number of anilines is 1. The number of hydrogen-bond acceptors (Lipinski definition) is 18. The first kappa shape index (κ1) is 34.8. The highest BCUT2D eigenvalue weighted by molar-refractivity contribution is 8.04. The molecule has 17 nitrogen and oxygen atoms in total. The van der Waals surface area contributed by atoms with Crippen molar-refractivity contribution in [2.75, 3.05) is 30.9 Å². The second-order valence-corrected chi connectivity index (χ2v) is 12.3. The summed E-state index contributed by atoms with van der Waals surface area (Å²) in [7, 11) is 0. The van der Waals surface area contributed by atoms with Crippen LogP contribution < -0.4 is 11.1 Å². The molecule has 2 aliphatic heterocycles. The second kappa shape index (κ2) is 15.4. The summed E-state index contributed by atoms with van der Waals surface area (Å²) < 4.78 is 22.9. The van der Waals surface area contributed by atoms with Crippen molar-refractivity contribution in [2.24, 2.45) is 5.16 Å². The highest BCUT2D eigenvalue weighted by atomic mass is 32.2. The smallest absolute Gasteiger partial charge is 0.350 e. The molecule has 3 N–H and O–H groups in total. The number of nitrogens with zero attached hydrogens (tertiary/aromatic N) is 4. The van der Waals surface area contributed by atoms with Crippen molar-refractivity contribution in [3.05, 3.63) is 5.82 Å². The molecule has 0 aliphatic carbocycles. The third kappa shape index (κ3) is 8.50. The molecule has 0 aromatic carbocycles. The van der Waals surface area contributed by atoms with Crippen molar-refractivity contribution in [3.63, 3.8) is 0 Å². The van der Waals surface area contributed by atoms with Gasteiger partial charge >= 0.3 is 23.9 Å². The number of aromatic nitrogens is 2. The fourth-order valence-corrected chi connectivity index (χ4v) is 6.80. The monoisotopic (exact) mass is 676 g/mol. The minimum Gasteiger partial charge on any atom is -0.425 e. The molecule has 44 heavy (non-hydrogen) atoms. The standard InChI is InChI=1S/C24H32N6O11S3/c1-6-13(31)38-11(3)40-15(33)8-37-28-16(18-27-23(25)44-29-18)19(34)26-17-20(35)30-9-24(42-5,10-43-21(17)30)22(36)41-12(4)39-14(32)7-2/h11-12,17,21H,6-10H2,1-5H3,(H,26,34)(H2,25,27,29)/t11?,12?,17?,21-,24?/m1/s1. The molecule has 2 saturated heterocycles. The van der Waals surface area contributed by atoms with E-state index in [0.29, 0.717) is 0 Å². The van der Waals surface area contributed by atoms with Gasteiger partial charge in [0.05, 0.1) is 0 Å². The van der Waals surface area contributed by atoms with E-state index in [1.807, 2.05) is 0 Å². The van der Waals surface area contributed by atoms with Crippen LogP contribution >= 0.6 is 35.1 Å². The third-order valence-corrected chi connectivity index (χ3v) is 9.53. The summed E-state index contributed by atoms with van der Waals surface area (Å²) in [6.45, 7) is 5.22. The van der Waals surface area contributed by atoms with E-state index in [1.165, 1.54) is 42.3 Å². The average Bonchev–Trinajstić information content (AvgIpc) is 3.42. The van der Waals surface area contributed by atoms with Gasteiger partial charge in [-0.15, -0.1) is 23.5 Å². The van der Waals surface area contributed by atoms with Crippen LogP contribution in [0, 0.1) is 0 Å². The van der Waals surface area contributed by atoms with E-state index >= 15 is 0 Å². The molecule has 1 aromatic rings. The van der Waals surface area contributed by atoms with Gasteiger partial charge < -0.3 is 39.7 Å². The highest BCUT2D eigenvalue weighted by Crippen LogP contribution is 2.43. The van der Waals surface area contributed by atoms with Crippen molar-refractivity contribution < 1.29 is 52.6 Å². The van der Waals surface area contributed by atoms with Crippen LogP contribution in [0.1, 0.15) is 46.4 Å². The number of amides is 2. The van der Waals surface area contributed by atoms with Crippen LogP contribution in [0.2, 0.25) is 0 Å². The number of esters is 4. The summed E-state index contributed by atoms with van der Waals surface area (Å²) in [5.41, 5.74) is 5.19. The Morgan fingerprint density at radius 1 is 1.09 bits per heavy atom. The summed E-state index contributed by atoms with van der Waals surface area (Å²) in [6, 6.07) is -0.979. The van der Waals surface area contributed by atoms with Crippen molar-refractivity contribution in [1.29, 1.82) is 0 Å². The van der Waals surface area contributed by atoms with Gasteiger partial charge in [0.2, 0.25) is 36.6 Å². The summed E-state index contributed by atoms with van der Waals surface area (Å²) >= 11 is 3.25. The molecule has 20 heteroatoms. The molecule has 3 heterocycles. The van der Waals surface area contributed by atoms with Crippen LogP contribution in [-0.4, -0.2) is 110 Å². The molecule has 2 amide bonds. The second-order valence-electron chi connectivity index (χ2n) is 9.20. The number of ether oxygens (including phenoxy) is 4. The quantitative estimate of drug-likeness (QED) is 0.0870. The Morgan fingerprint density at radius 2 is 1.70 bits per heavy atom. The molecule has 1 aromatic heterocycles. The van der Waals surface area contributed by atoms with Gasteiger partial charge in [-0.05, 0) is 6.26 Å². The SMILES string of the molecule is CCC(=O)OC(C)OC(=O)CON=C(C(=O)NC1C(=O)N2CC(SC)(C(=O)OC(C)OC(=O)CC)CS[C@H]12)c1nsc(N)n1. The van der Waals surface area contributed by atoms with E-state index in [-0.39, 0.29) is 36.1 Å². The number of carbonyl (C=O) groups is 6. The van der Waals surface area contributed by atoms with E-state index in [2.05, 4.69) is 19.8 Å². The van der Waals surface area contributed by atoms with Gasteiger partial charge in [-0.25, -0.2) is 4.79 Å². The summed E-state index contributed by atoms with van der Waals surface area (Å²) in [5, 5.41) is 5.77. The molecular weight excluding hydrogens is 644 g/mol. The number of fused-ring (bicyclic) bond motifs is 1. The highest BCUT2D eigenvalue weighted by Gasteiger charge is 2.58. The summed E-state index contributed by atoms with van der Waals surface area (Å²) in [6.07, 6.45) is -0.348. The number of nitrogens with one attached hydrogen (secondary N) is 1. The molecule has 2 aliphatic rings. The molecule has 4 unspecified atom stereocenters. The maximum atomic E-state index is 13.2. The first-order valence-electron chi connectivity index (χ1n) is 13.2. The van der Waals surface area contributed by atoms with E-state index in [4.69, 9.17) is 29.5 Å². The molecular formula is C24H32N6O11S3. The fourth-order valence-electron chi connectivity index (χ4n) is 3.82. The van der Waals surface area contributed by atoms with E-state index in [9.17, 15) is 28.8 Å². The number of nitrogens with two attached hydrogens (primary N) is 1. The normalized spacial score (nSPS) is 22.4. The zero-order valence-electron chi connectivity index (χ0n) is 24.4. The van der Waals surface area contributed by atoms with Gasteiger partial charge in [-0.3, -0.25) is 24.0 Å². The molecule has 2 fully saturated rings. The summed E-state index contributed by atoms with van der Waals surface area (Å²) in [4.78, 5) is 84.5. The average molecular weight is 677 g/mol. The van der Waals surface area contributed by atoms with E-state index in [1.54, 1.807) is 20.1 Å². The Bertz CT molecular complexity index is 1310. The van der Waals surface area contributed by atoms with Crippen molar-refractivity contribution in [3.8, 4) is 0 Å². The zero-order chi connectivity index (χ0) is 32.6. The number of oxime groups is 1. The molecule has 0 spiro atoms. The molecule has 5 atom stereocenters. The number of β-lactam (4-membered cyclic amide) rings is 1. The molecule has 3 rings (SSSR count). The maximum Gasteiger partial charge on any atom is 0.350 e. The van der Waals surface area contributed by atoms with Crippen LogP contribution in [-0.2, 0) is 52.6 Å². The van der Waals surface area contributed by atoms with Crippen LogP contribution in [0.4, 0.5) is 5.13 Å². The van der Waals surface area contributed by atoms with Crippen LogP contribution in [0.25, 0.3) is 0 Å². The lowest BCUT2D eigenvalue weighted by Gasteiger charge is -2.53. The van der Waals surface area contributed by atoms with Crippen LogP contribution in [0.15, 0.2) is 5.16 Å². The van der Waals surface area contributed by atoms with Crippen molar-refractivity contribution >= 4 is 81.6 Å². The van der Waals surface area contributed by atoms with Gasteiger partial charge in [0.15, 0.2) is 5.13 Å². The minimum absolute atomic E-state index is 0.00660. The number of carbonyl (C=O) groups excluding carboxylic acids is 6. The molecule has 0 bridgehead atoms. The lowest BCUT2D eigenvalue weighted by Crippen LogP contribution is -2.75. The number of thioether (sulfide) groups is 2. The molecule has 0 saturated carbocycles. The lowest BCUT2D eigenvalue weighted by atomic mass is 10.0. The first-order valence-corrected chi connectivity index (χ1v) is 16.3. The Kier molecular flexibility index (Phi) is 12.2. The predicted molar refractivity (Wildman–Crippen MR) is 157 cm³/mol. The third-order valence-electron chi connectivity index (χ3n) is 6.05. The Morgan fingerprint density at radius 3 is 2.27 bits per heavy atom. The van der Waals surface area contributed by atoms with Crippen molar-refractivity contribution in [2.45, 2.75) is 69.3 Å². The van der Waals surface area contributed by atoms with Crippen molar-refractivity contribution in [1.82, 2.24) is 19.6 Å². The number of hydrogen-bond donors (Lipinski definition) is 2. The first-order chi connectivity index (χ1) is 20.8. The summed E-state index contributed by atoms with van der Waals surface area (Å²) in [5.74, 6) is -3.97. The van der Waals surface area contributed by atoms with Crippen LogP contribution in [0.5, 0.6) is 0 Å². The Labute approximate surface area is 264 Å². The van der Waals surface area contributed by atoms with Gasteiger partial charge in [0.25, 0.3) is 5.91 Å². The van der Waals surface area contributed by atoms with Crippen LogP contribution in [0.3, 0.4) is 0 Å². The van der Waals surface area contributed by atoms with Gasteiger partial charge in [-0.2, -0.15) is 9.36 Å². The Hall–Kier alpha value is -3.65. The Balaban J connectivity index is 1.63. The minimum atomic E-state index is -1.17.